The van der Waals surface area contributed by atoms with E-state index in [1.165, 1.54) is 12.1 Å². The molecule has 0 N–H and O–H groups in total. The Morgan fingerprint density at radius 1 is 1.19 bits per heavy atom. The summed E-state index contributed by atoms with van der Waals surface area (Å²) < 4.78 is 25.3. The number of nitrogens with zero attached hydrogens (tertiary/aromatic N) is 2. The number of rotatable bonds is 5. The predicted octanol–water partition coefficient (Wildman–Crippen LogP) is 2.81. The van der Waals surface area contributed by atoms with Crippen LogP contribution in [0, 0.1) is 0 Å². The van der Waals surface area contributed by atoms with Crippen LogP contribution in [0.25, 0.3) is 0 Å². The van der Waals surface area contributed by atoms with Crippen LogP contribution >= 0.6 is 35.0 Å². The highest BCUT2D eigenvalue weighted by Gasteiger charge is 2.34. The molecule has 2 heterocycles. The largest absolute Gasteiger partial charge is 0.340 e. The van der Waals surface area contributed by atoms with E-state index in [2.05, 4.69) is 0 Å². The quantitative estimate of drug-likeness (QED) is 0.709. The van der Waals surface area contributed by atoms with E-state index in [1.54, 1.807) is 6.07 Å². The highest BCUT2D eigenvalue weighted by atomic mass is 35.5. The van der Waals surface area contributed by atoms with E-state index in [0.717, 1.165) is 44.0 Å². The summed E-state index contributed by atoms with van der Waals surface area (Å²) in [6.07, 6.45) is 1.71. The van der Waals surface area contributed by atoms with Gasteiger partial charge >= 0.3 is 0 Å². The van der Waals surface area contributed by atoms with Crippen molar-refractivity contribution in [2.24, 2.45) is 0 Å². The van der Waals surface area contributed by atoms with Crippen molar-refractivity contribution in [3.63, 3.8) is 0 Å². The topological polar surface area (TPSA) is 57.7 Å². The van der Waals surface area contributed by atoms with E-state index < -0.39 is 9.84 Å². The molecule has 144 valence electrons. The maximum Gasteiger partial charge on any atom is 0.239 e. The second kappa shape index (κ2) is 8.69. The maximum atomic E-state index is 12.8. The summed E-state index contributed by atoms with van der Waals surface area (Å²) in [7, 11) is -3.56. The summed E-state index contributed by atoms with van der Waals surface area (Å²) in [4.78, 5) is 16.8. The van der Waals surface area contributed by atoms with Crippen molar-refractivity contribution in [2.45, 2.75) is 23.8 Å². The standard InChI is InChI=1S/C17H22Cl2N2O3S2/c18-13-3-4-14(19)16(12-13)26(23,24)11-8-20-5-1-2-15(20)17(22)21-6-9-25-10-7-21/h3-4,12,15H,1-2,5-11H2. The number of thioether (sulfide) groups is 1. The molecule has 2 fully saturated rings. The number of carbonyl (C=O) groups is 1. The smallest absolute Gasteiger partial charge is 0.239 e. The molecule has 0 bridgehead atoms. The van der Waals surface area contributed by atoms with Gasteiger partial charge in [0.15, 0.2) is 9.84 Å². The first kappa shape index (κ1) is 20.3. The number of likely N-dealkylation sites (tertiary alicyclic amines) is 1. The van der Waals surface area contributed by atoms with Crippen molar-refractivity contribution < 1.29 is 13.2 Å². The minimum absolute atomic E-state index is 0.0572. The monoisotopic (exact) mass is 436 g/mol. The minimum atomic E-state index is -3.56. The van der Waals surface area contributed by atoms with Crippen LogP contribution in [0.1, 0.15) is 12.8 Å². The average Bonchev–Trinajstić information content (AvgIpc) is 3.11. The second-order valence-corrected chi connectivity index (χ2v) is 10.7. The molecule has 26 heavy (non-hydrogen) atoms. The van der Waals surface area contributed by atoms with E-state index in [1.807, 2.05) is 21.6 Å². The van der Waals surface area contributed by atoms with Crippen molar-refractivity contribution in [3.8, 4) is 0 Å². The molecule has 1 aromatic carbocycles. The van der Waals surface area contributed by atoms with Crippen molar-refractivity contribution in [1.29, 1.82) is 0 Å². The molecule has 0 saturated carbocycles. The van der Waals surface area contributed by atoms with Gasteiger partial charge in [0, 0.05) is 36.2 Å². The molecular formula is C17H22Cl2N2O3S2. The van der Waals surface area contributed by atoms with Crippen LogP contribution in [0.4, 0.5) is 0 Å². The molecule has 0 aromatic heterocycles. The van der Waals surface area contributed by atoms with Crippen molar-refractivity contribution in [2.75, 3.05) is 43.4 Å². The summed E-state index contributed by atoms with van der Waals surface area (Å²) >= 11 is 13.8. The number of carbonyl (C=O) groups excluding carboxylic acids is 1. The molecular weight excluding hydrogens is 415 g/mol. The fraction of sp³-hybridized carbons (Fsp3) is 0.588. The molecule has 1 aromatic rings. The Labute approximate surface area is 168 Å². The minimum Gasteiger partial charge on any atom is -0.340 e. The van der Waals surface area contributed by atoms with Crippen LogP contribution in [0.15, 0.2) is 23.1 Å². The Kier molecular flexibility index (Phi) is 6.78. The second-order valence-electron chi connectivity index (χ2n) is 6.53. The number of amides is 1. The van der Waals surface area contributed by atoms with Gasteiger partial charge < -0.3 is 4.90 Å². The lowest BCUT2D eigenvalue weighted by atomic mass is 10.2. The lowest BCUT2D eigenvalue weighted by Gasteiger charge is -2.32. The molecule has 9 heteroatoms. The molecule has 1 amide bonds. The molecule has 1 atom stereocenters. The fourth-order valence-corrected chi connectivity index (χ4v) is 6.41. The normalized spacial score (nSPS) is 21.9. The van der Waals surface area contributed by atoms with Crippen LogP contribution in [-0.2, 0) is 14.6 Å². The van der Waals surface area contributed by atoms with Crippen LogP contribution in [0.2, 0.25) is 10.0 Å². The van der Waals surface area contributed by atoms with Crippen LogP contribution in [0.3, 0.4) is 0 Å². The van der Waals surface area contributed by atoms with Crippen molar-refractivity contribution in [1.82, 2.24) is 9.80 Å². The lowest BCUT2D eigenvalue weighted by molar-refractivity contribution is -0.135. The van der Waals surface area contributed by atoms with E-state index in [0.29, 0.717) is 11.6 Å². The van der Waals surface area contributed by atoms with Gasteiger partial charge in [0.25, 0.3) is 0 Å². The SMILES string of the molecule is O=C(C1CCCN1CCS(=O)(=O)c1cc(Cl)ccc1Cl)N1CCSCC1. The Bertz CT molecular complexity index is 767. The first-order valence-electron chi connectivity index (χ1n) is 8.67. The van der Waals surface area contributed by atoms with Gasteiger partial charge in [-0.25, -0.2) is 8.42 Å². The Balaban J connectivity index is 1.66. The number of hydrogen-bond donors (Lipinski definition) is 0. The molecule has 0 radical (unpaired) electrons. The van der Waals surface area contributed by atoms with Crippen LogP contribution in [-0.4, -0.2) is 73.6 Å². The van der Waals surface area contributed by atoms with Gasteiger partial charge in [-0.3, -0.25) is 9.69 Å². The van der Waals surface area contributed by atoms with E-state index in [-0.39, 0.29) is 27.6 Å². The zero-order chi connectivity index (χ0) is 18.7. The zero-order valence-electron chi connectivity index (χ0n) is 14.4. The van der Waals surface area contributed by atoms with Crippen LogP contribution < -0.4 is 0 Å². The van der Waals surface area contributed by atoms with Crippen molar-refractivity contribution in [3.05, 3.63) is 28.2 Å². The third-order valence-electron chi connectivity index (χ3n) is 4.85. The Morgan fingerprint density at radius 2 is 1.92 bits per heavy atom. The van der Waals surface area contributed by atoms with Gasteiger partial charge in [0.2, 0.25) is 5.91 Å². The van der Waals surface area contributed by atoms with Gasteiger partial charge in [0.05, 0.1) is 21.7 Å². The van der Waals surface area contributed by atoms with Gasteiger partial charge in [-0.1, -0.05) is 23.2 Å². The molecule has 5 nitrogen and oxygen atoms in total. The Hall–Kier alpha value is -0.470. The summed E-state index contributed by atoms with van der Waals surface area (Å²) in [6, 6.07) is 4.24. The van der Waals surface area contributed by atoms with E-state index in [9.17, 15) is 13.2 Å². The average molecular weight is 437 g/mol. The molecule has 2 saturated heterocycles. The zero-order valence-corrected chi connectivity index (χ0v) is 17.5. The third kappa shape index (κ3) is 4.68. The van der Waals surface area contributed by atoms with Gasteiger partial charge in [-0.2, -0.15) is 11.8 Å². The fourth-order valence-electron chi connectivity index (χ4n) is 3.43. The van der Waals surface area contributed by atoms with Gasteiger partial charge in [0.1, 0.15) is 0 Å². The first-order chi connectivity index (χ1) is 12.4. The lowest BCUT2D eigenvalue weighted by Crippen LogP contribution is -2.49. The number of halogens is 2. The molecule has 1 unspecified atom stereocenters. The number of benzene rings is 1. The predicted molar refractivity (Wildman–Crippen MR) is 107 cm³/mol. The van der Waals surface area contributed by atoms with Gasteiger partial charge in [-0.15, -0.1) is 0 Å². The number of hydrogen-bond acceptors (Lipinski definition) is 5. The third-order valence-corrected chi connectivity index (χ3v) is 8.19. The van der Waals surface area contributed by atoms with E-state index in [4.69, 9.17) is 23.2 Å². The van der Waals surface area contributed by atoms with E-state index >= 15 is 0 Å². The molecule has 2 aliphatic rings. The Morgan fingerprint density at radius 3 is 2.65 bits per heavy atom. The summed E-state index contributed by atoms with van der Waals surface area (Å²) in [5.74, 6) is 2.01. The summed E-state index contributed by atoms with van der Waals surface area (Å²) in [6.45, 7) is 2.64. The first-order valence-corrected chi connectivity index (χ1v) is 12.2. The molecule has 3 rings (SSSR count). The molecule has 2 aliphatic heterocycles. The van der Waals surface area contributed by atoms with Gasteiger partial charge in [-0.05, 0) is 37.6 Å². The highest BCUT2D eigenvalue weighted by Crippen LogP contribution is 2.27. The summed E-state index contributed by atoms with van der Waals surface area (Å²) in [5, 5.41) is 0.513. The van der Waals surface area contributed by atoms with Crippen molar-refractivity contribution >= 4 is 50.7 Å². The highest BCUT2D eigenvalue weighted by molar-refractivity contribution is 7.99. The number of sulfone groups is 1. The maximum absolute atomic E-state index is 12.8. The molecule has 0 spiro atoms. The molecule has 0 aliphatic carbocycles. The van der Waals surface area contributed by atoms with Crippen LogP contribution in [0.5, 0.6) is 0 Å². The summed E-state index contributed by atoms with van der Waals surface area (Å²) in [5.41, 5.74) is 0.